The van der Waals surface area contributed by atoms with Crippen molar-refractivity contribution in [2.45, 2.75) is 0 Å². The van der Waals surface area contributed by atoms with Crippen LogP contribution in [0.3, 0.4) is 0 Å². The van der Waals surface area contributed by atoms with E-state index in [4.69, 9.17) is 4.74 Å². The van der Waals surface area contributed by atoms with Crippen molar-refractivity contribution < 1.29 is 9.53 Å². The highest BCUT2D eigenvalue weighted by Crippen LogP contribution is 2.27. The minimum atomic E-state index is 0.0904. The molecule has 1 aromatic rings. The SMILES string of the molecule is CNCC(=O)c1ccc2c(c1)NCCO2. The summed E-state index contributed by atoms with van der Waals surface area (Å²) >= 11 is 0. The molecule has 4 nitrogen and oxygen atoms in total. The van der Waals surface area contributed by atoms with E-state index in [9.17, 15) is 4.79 Å². The fourth-order valence-electron chi connectivity index (χ4n) is 1.58. The van der Waals surface area contributed by atoms with Gasteiger partial charge in [0, 0.05) is 12.1 Å². The number of benzene rings is 1. The minimum absolute atomic E-state index is 0.0904. The Labute approximate surface area is 88.6 Å². The van der Waals surface area contributed by atoms with Gasteiger partial charge in [0.2, 0.25) is 0 Å². The van der Waals surface area contributed by atoms with Gasteiger partial charge in [-0.15, -0.1) is 0 Å². The van der Waals surface area contributed by atoms with E-state index in [0.29, 0.717) is 18.7 Å². The van der Waals surface area contributed by atoms with Gasteiger partial charge in [-0.2, -0.15) is 0 Å². The lowest BCUT2D eigenvalue weighted by atomic mass is 10.1. The Kier molecular flexibility index (Phi) is 2.87. The normalized spacial score (nSPS) is 13.7. The zero-order chi connectivity index (χ0) is 10.7. The Bertz CT molecular complexity index is 377. The molecular weight excluding hydrogens is 192 g/mol. The number of hydrogen-bond donors (Lipinski definition) is 2. The summed E-state index contributed by atoms with van der Waals surface area (Å²) < 4.78 is 5.43. The number of anilines is 1. The summed E-state index contributed by atoms with van der Waals surface area (Å²) in [4.78, 5) is 11.6. The number of fused-ring (bicyclic) bond motifs is 1. The molecule has 2 N–H and O–H groups in total. The quantitative estimate of drug-likeness (QED) is 0.721. The van der Waals surface area contributed by atoms with E-state index in [1.807, 2.05) is 12.1 Å². The van der Waals surface area contributed by atoms with Crippen molar-refractivity contribution in [2.24, 2.45) is 0 Å². The molecule has 1 heterocycles. The van der Waals surface area contributed by atoms with Gasteiger partial charge in [0.15, 0.2) is 5.78 Å². The molecule has 0 radical (unpaired) electrons. The van der Waals surface area contributed by atoms with Crippen LogP contribution in [-0.2, 0) is 0 Å². The topological polar surface area (TPSA) is 50.4 Å². The number of likely N-dealkylation sites (N-methyl/N-ethyl adjacent to an activating group) is 1. The number of Topliss-reactive ketones (excluding diaryl/α,β-unsaturated/α-hetero) is 1. The number of hydrogen-bond acceptors (Lipinski definition) is 4. The molecule has 0 saturated heterocycles. The number of carbonyl (C=O) groups excluding carboxylic acids is 1. The first kappa shape index (κ1) is 9.98. The van der Waals surface area contributed by atoms with Gasteiger partial charge in [0.1, 0.15) is 12.4 Å². The van der Waals surface area contributed by atoms with Crippen LogP contribution in [-0.4, -0.2) is 32.5 Å². The molecule has 1 aliphatic rings. The molecular formula is C11H14N2O2. The van der Waals surface area contributed by atoms with Crippen LogP contribution in [0.1, 0.15) is 10.4 Å². The van der Waals surface area contributed by atoms with Crippen LogP contribution < -0.4 is 15.4 Å². The summed E-state index contributed by atoms with van der Waals surface area (Å²) in [6.45, 7) is 1.83. The fraction of sp³-hybridized carbons (Fsp3) is 0.364. The first-order chi connectivity index (χ1) is 7.31. The lowest BCUT2D eigenvalue weighted by Gasteiger charge is -2.19. The second-order valence-electron chi connectivity index (χ2n) is 3.44. The third-order valence-electron chi connectivity index (χ3n) is 2.31. The van der Waals surface area contributed by atoms with Crippen LogP contribution in [0.15, 0.2) is 18.2 Å². The van der Waals surface area contributed by atoms with Crippen LogP contribution in [0.5, 0.6) is 5.75 Å². The molecule has 0 unspecified atom stereocenters. The van der Waals surface area contributed by atoms with Crippen LogP contribution >= 0.6 is 0 Å². The molecule has 0 saturated carbocycles. The zero-order valence-electron chi connectivity index (χ0n) is 8.67. The minimum Gasteiger partial charge on any atom is -0.490 e. The first-order valence-corrected chi connectivity index (χ1v) is 5.00. The highest BCUT2D eigenvalue weighted by atomic mass is 16.5. The van der Waals surface area contributed by atoms with Gasteiger partial charge in [-0.3, -0.25) is 4.79 Å². The molecule has 4 heteroatoms. The summed E-state index contributed by atoms with van der Waals surface area (Å²) in [5.74, 6) is 0.912. The first-order valence-electron chi connectivity index (χ1n) is 5.00. The molecule has 0 fully saturated rings. The summed E-state index contributed by atoms with van der Waals surface area (Å²) in [6.07, 6.45) is 0. The Morgan fingerprint density at radius 3 is 3.27 bits per heavy atom. The third kappa shape index (κ3) is 2.10. The third-order valence-corrected chi connectivity index (χ3v) is 2.31. The smallest absolute Gasteiger partial charge is 0.176 e. The molecule has 2 rings (SSSR count). The highest BCUT2D eigenvalue weighted by Gasteiger charge is 2.12. The van der Waals surface area contributed by atoms with E-state index in [1.54, 1.807) is 13.1 Å². The van der Waals surface area contributed by atoms with Gasteiger partial charge in [0.25, 0.3) is 0 Å². The van der Waals surface area contributed by atoms with Crippen molar-refractivity contribution in [2.75, 3.05) is 32.1 Å². The van der Waals surface area contributed by atoms with Crippen LogP contribution in [0.25, 0.3) is 0 Å². The maximum Gasteiger partial charge on any atom is 0.176 e. The second-order valence-corrected chi connectivity index (χ2v) is 3.44. The van der Waals surface area contributed by atoms with Crippen LogP contribution in [0.4, 0.5) is 5.69 Å². The van der Waals surface area contributed by atoms with E-state index in [-0.39, 0.29) is 5.78 Å². The molecule has 1 aromatic carbocycles. The lowest BCUT2D eigenvalue weighted by Crippen LogP contribution is -2.21. The number of ether oxygens (including phenoxy) is 1. The van der Waals surface area contributed by atoms with E-state index < -0.39 is 0 Å². The predicted octanol–water partition coefficient (Wildman–Crippen LogP) is 0.893. The average Bonchev–Trinajstić information content (AvgIpc) is 2.29. The number of rotatable bonds is 3. The van der Waals surface area contributed by atoms with Crippen molar-refractivity contribution in [3.05, 3.63) is 23.8 Å². The van der Waals surface area contributed by atoms with Crippen molar-refractivity contribution in [1.82, 2.24) is 5.32 Å². The van der Waals surface area contributed by atoms with Gasteiger partial charge in [-0.25, -0.2) is 0 Å². The number of nitrogens with one attached hydrogen (secondary N) is 2. The standard InChI is InChI=1S/C11H14N2O2/c1-12-7-10(14)8-2-3-11-9(6-8)13-4-5-15-11/h2-3,6,12-13H,4-5,7H2,1H3. The van der Waals surface area contributed by atoms with E-state index in [2.05, 4.69) is 10.6 Å². The average molecular weight is 206 g/mol. The van der Waals surface area contributed by atoms with Crippen LogP contribution in [0.2, 0.25) is 0 Å². The van der Waals surface area contributed by atoms with Crippen molar-refractivity contribution in [3.8, 4) is 5.75 Å². The largest absolute Gasteiger partial charge is 0.490 e. The van der Waals surface area contributed by atoms with Gasteiger partial charge in [-0.05, 0) is 25.2 Å². The summed E-state index contributed by atoms with van der Waals surface area (Å²) in [7, 11) is 1.76. The van der Waals surface area contributed by atoms with E-state index in [0.717, 1.165) is 18.0 Å². The molecule has 0 bridgehead atoms. The van der Waals surface area contributed by atoms with Crippen molar-refractivity contribution in [1.29, 1.82) is 0 Å². The Morgan fingerprint density at radius 2 is 2.47 bits per heavy atom. The van der Waals surface area contributed by atoms with Crippen molar-refractivity contribution >= 4 is 11.5 Å². The molecule has 0 spiro atoms. The maximum atomic E-state index is 11.6. The lowest BCUT2D eigenvalue weighted by molar-refractivity contribution is 0.0993. The van der Waals surface area contributed by atoms with Gasteiger partial charge in [-0.1, -0.05) is 0 Å². The highest BCUT2D eigenvalue weighted by molar-refractivity contribution is 5.98. The van der Waals surface area contributed by atoms with Gasteiger partial charge >= 0.3 is 0 Å². The molecule has 80 valence electrons. The predicted molar refractivity (Wildman–Crippen MR) is 58.7 cm³/mol. The van der Waals surface area contributed by atoms with Gasteiger partial charge in [0.05, 0.1) is 12.2 Å². The molecule has 1 aliphatic heterocycles. The van der Waals surface area contributed by atoms with Crippen molar-refractivity contribution in [3.63, 3.8) is 0 Å². The molecule has 0 aromatic heterocycles. The summed E-state index contributed by atoms with van der Waals surface area (Å²) in [6, 6.07) is 5.48. The fourth-order valence-corrected chi connectivity index (χ4v) is 1.58. The summed E-state index contributed by atoms with van der Waals surface area (Å²) in [5.41, 5.74) is 1.62. The number of ketones is 1. The van der Waals surface area contributed by atoms with E-state index >= 15 is 0 Å². The number of carbonyl (C=O) groups is 1. The summed E-state index contributed by atoms with van der Waals surface area (Å²) in [5, 5.41) is 6.05. The Morgan fingerprint density at radius 1 is 1.60 bits per heavy atom. The van der Waals surface area contributed by atoms with Crippen LogP contribution in [0, 0.1) is 0 Å². The maximum absolute atomic E-state index is 11.6. The van der Waals surface area contributed by atoms with Gasteiger partial charge < -0.3 is 15.4 Å². The van der Waals surface area contributed by atoms with E-state index in [1.165, 1.54) is 0 Å². The molecule has 0 amide bonds. The Balaban J connectivity index is 2.24. The Hall–Kier alpha value is -1.55. The second kappa shape index (κ2) is 4.31. The monoisotopic (exact) mass is 206 g/mol. The zero-order valence-corrected chi connectivity index (χ0v) is 8.67. The molecule has 15 heavy (non-hydrogen) atoms. The molecule has 0 atom stereocenters. The molecule has 0 aliphatic carbocycles.